The molecule has 26 heavy (non-hydrogen) atoms. The average Bonchev–Trinajstić information content (AvgIpc) is 2.97. The molecule has 0 aliphatic carbocycles. The number of rotatable bonds is 5. The number of piperazine rings is 1. The lowest BCUT2D eigenvalue weighted by Crippen LogP contribution is -2.46. The molecule has 140 valence electrons. The van der Waals surface area contributed by atoms with E-state index in [-0.39, 0.29) is 17.3 Å². The van der Waals surface area contributed by atoms with Gasteiger partial charge in [0.1, 0.15) is 0 Å². The van der Waals surface area contributed by atoms with Crippen LogP contribution in [0.15, 0.2) is 35.2 Å². The van der Waals surface area contributed by atoms with Crippen LogP contribution < -0.4 is 10.0 Å². The van der Waals surface area contributed by atoms with Gasteiger partial charge >= 0.3 is 0 Å². The Balaban J connectivity index is 1.75. The van der Waals surface area contributed by atoms with E-state index in [1.54, 1.807) is 28.8 Å². The maximum Gasteiger partial charge on any atom is 0.253 e. The third-order valence-electron chi connectivity index (χ3n) is 4.34. The fraction of sp³-hybridized carbons (Fsp3) is 0.412. The molecule has 3 rings (SSSR count). The Morgan fingerprint density at radius 3 is 2.65 bits per heavy atom. The zero-order valence-corrected chi connectivity index (χ0v) is 15.7. The number of nitrogens with one attached hydrogen (secondary N) is 2. The fourth-order valence-corrected chi connectivity index (χ4v) is 3.97. The van der Waals surface area contributed by atoms with Crippen molar-refractivity contribution in [3.63, 3.8) is 0 Å². The molecule has 8 nitrogen and oxygen atoms in total. The van der Waals surface area contributed by atoms with Crippen molar-refractivity contribution in [2.24, 2.45) is 7.05 Å². The van der Waals surface area contributed by atoms with Gasteiger partial charge in [-0.05, 0) is 31.2 Å². The summed E-state index contributed by atoms with van der Waals surface area (Å²) in [4.78, 5) is 14.4. The van der Waals surface area contributed by atoms with Gasteiger partial charge in [-0.2, -0.15) is 5.10 Å². The lowest BCUT2D eigenvalue weighted by atomic mass is 10.2. The lowest BCUT2D eigenvalue weighted by molar-refractivity contribution is 0.0735. The van der Waals surface area contributed by atoms with Gasteiger partial charge in [-0.1, -0.05) is 6.07 Å². The molecular formula is C17H23N5O3S. The zero-order valence-electron chi connectivity index (χ0n) is 14.9. The van der Waals surface area contributed by atoms with Crippen molar-refractivity contribution >= 4 is 15.9 Å². The number of benzene rings is 1. The van der Waals surface area contributed by atoms with Gasteiger partial charge in [-0.15, -0.1) is 0 Å². The minimum atomic E-state index is -3.73. The van der Waals surface area contributed by atoms with Crippen LogP contribution >= 0.6 is 0 Å². The number of carbonyl (C=O) groups is 1. The van der Waals surface area contributed by atoms with Crippen LogP contribution in [0.25, 0.3) is 0 Å². The molecular weight excluding hydrogens is 354 g/mol. The highest BCUT2D eigenvalue weighted by atomic mass is 32.2. The van der Waals surface area contributed by atoms with Crippen molar-refractivity contribution in [1.29, 1.82) is 0 Å². The first-order valence-corrected chi connectivity index (χ1v) is 9.94. The highest BCUT2D eigenvalue weighted by molar-refractivity contribution is 7.89. The van der Waals surface area contributed by atoms with Crippen LogP contribution in [0.2, 0.25) is 0 Å². The number of sulfonamides is 1. The molecule has 2 heterocycles. The van der Waals surface area contributed by atoms with Crippen molar-refractivity contribution in [3.8, 4) is 0 Å². The topological polar surface area (TPSA) is 96.3 Å². The number of aromatic nitrogens is 2. The number of nitrogens with zero attached hydrogens (tertiary/aromatic N) is 3. The van der Waals surface area contributed by atoms with Gasteiger partial charge in [0, 0.05) is 38.8 Å². The summed E-state index contributed by atoms with van der Waals surface area (Å²) in [5.74, 6) is -0.147. The van der Waals surface area contributed by atoms with E-state index in [1.807, 2.05) is 13.0 Å². The first kappa shape index (κ1) is 18.6. The summed E-state index contributed by atoms with van der Waals surface area (Å²) in [5, 5.41) is 7.39. The summed E-state index contributed by atoms with van der Waals surface area (Å²) in [6.45, 7) is 4.71. The van der Waals surface area contributed by atoms with E-state index in [0.717, 1.165) is 24.5 Å². The van der Waals surface area contributed by atoms with Crippen LogP contribution in [-0.4, -0.2) is 55.2 Å². The molecule has 1 aromatic carbocycles. The lowest BCUT2D eigenvalue weighted by Gasteiger charge is -2.27. The molecule has 1 aromatic heterocycles. The highest BCUT2D eigenvalue weighted by Crippen LogP contribution is 2.14. The second-order valence-corrected chi connectivity index (χ2v) is 8.06. The van der Waals surface area contributed by atoms with Crippen LogP contribution in [0.5, 0.6) is 0 Å². The number of carbonyl (C=O) groups excluding carboxylic acids is 1. The molecule has 1 aliphatic rings. The number of hydrogen-bond acceptors (Lipinski definition) is 5. The predicted octanol–water partition coefficient (Wildman–Crippen LogP) is 0.252. The van der Waals surface area contributed by atoms with E-state index in [9.17, 15) is 13.2 Å². The Morgan fingerprint density at radius 2 is 2.00 bits per heavy atom. The Morgan fingerprint density at radius 1 is 1.27 bits per heavy atom. The molecule has 2 aromatic rings. The molecule has 1 fully saturated rings. The quantitative estimate of drug-likeness (QED) is 0.779. The van der Waals surface area contributed by atoms with Gasteiger partial charge < -0.3 is 10.2 Å². The van der Waals surface area contributed by atoms with Crippen LogP contribution in [0, 0.1) is 6.92 Å². The van der Waals surface area contributed by atoms with Gasteiger partial charge in [0.2, 0.25) is 10.0 Å². The molecule has 1 aliphatic heterocycles. The third-order valence-corrected chi connectivity index (χ3v) is 5.74. The first-order valence-electron chi connectivity index (χ1n) is 8.46. The second-order valence-electron chi connectivity index (χ2n) is 6.30. The molecule has 1 saturated heterocycles. The highest BCUT2D eigenvalue weighted by Gasteiger charge is 2.21. The maximum absolute atomic E-state index is 12.6. The van der Waals surface area contributed by atoms with Crippen molar-refractivity contribution < 1.29 is 13.2 Å². The van der Waals surface area contributed by atoms with Crippen LogP contribution in [-0.2, 0) is 23.6 Å². The van der Waals surface area contributed by atoms with E-state index in [0.29, 0.717) is 18.7 Å². The number of aryl methyl sites for hydroxylation is 2. The van der Waals surface area contributed by atoms with E-state index in [4.69, 9.17) is 0 Å². The van der Waals surface area contributed by atoms with Crippen molar-refractivity contribution in [3.05, 3.63) is 47.3 Å². The van der Waals surface area contributed by atoms with Gasteiger partial charge in [0.25, 0.3) is 5.91 Å². The van der Waals surface area contributed by atoms with Crippen molar-refractivity contribution in [2.45, 2.75) is 18.4 Å². The third kappa shape index (κ3) is 4.12. The Bertz CT molecular complexity index is 901. The second kappa shape index (κ2) is 7.56. The SMILES string of the molecule is Cc1cc(CNS(=O)(=O)c2cccc(C(=O)N3CCNCC3)c2)n(C)n1. The van der Waals surface area contributed by atoms with Gasteiger partial charge in [-0.3, -0.25) is 9.48 Å². The monoisotopic (exact) mass is 377 g/mol. The standard InChI is InChI=1S/C17H23N5O3S/c1-13-10-15(21(2)20-13)12-19-26(24,25)16-5-3-4-14(11-16)17(23)22-8-6-18-7-9-22/h3-5,10-11,18-19H,6-9,12H2,1-2H3. The van der Waals surface area contributed by atoms with Gasteiger partial charge in [-0.25, -0.2) is 13.1 Å². The predicted molar refractivity (Wildman–Crippen MR) is 97.2 cm³/mol. The molecule has 0 unspecified atom stereocenters. The molecule has 1 amide bonds. The molecule has 0 saturated carbocycles. The summed E-state index contributed by atoms with van der Waals surface area (Å²) in [5.41, 5.74) is 1.97. The Hall–Kier alpha value is -2.23. The molecule has 0 atom stereocenters. The molecule has 0 radical (unpaired) electrons. The van der Waals surface area contributed by atoms with Gasteiger partial charge in [0.05, 0.1) is 22.8 Å². The Kier molecular flexibility index (Phi) is 5.40. The van der Waals surface area contributed by atoms with Crippen LogP contribution in [0.1, 0.15) is 21.7 Å². The molecule has 2 N–H and O–H groups in total. The van der Waals surface area contributed by atoms with E-state index in [1.165, 1.54) is 12.1 Å². The summed E-state index contributed by atoms with van der Waals surface area (Å²) in [6.07, 6.45) is 0. The van der Waals surface area contributed by atoms with Gasteiger partial charge in [0.15, 0.2) is 0 Å². The van der Waals surface area contributed by atoms with Crippen LogP contribution in [0.3, 0.4) is 0 Å². The van der Waals surface area contributed by atoms with E-state index in [2.05, 4.69) is 15.1 Å². The maximum atomic E-state index is 12.6. The molecule has 9 heteroatoms. The molecule has 0 spiro atoms. The van der Waals surface area contributed by atoms with E-state index >= 15 is 0 Å². The minimum absolute atomic E-state index is 0.0809. The summed E-state index contributed by atoms with van der Waals surface area (Å²) >= 11 is 0. The fourth-order valence-electron chi connectivity index (χ4n) is 2.93. The first-order chi connectivity index (χ1) is 12.4. The smallest absolute Gasteiger partial charge is 0.253 e. The average molecular weight is 377 g/mol. The van der Waals surface area contributed by atoms with Crippen molar-refractivity contribution in [2.75, 3.05) is 26.2 Å². The largest absolute Gasteiger partial charge is 0.336 e. The van der Waals surface area contributed by atoms with E-state index < -0.39 is 10.0 Å². The summed E-state index contributed by atoms with van der Waals surface area (Å²) < 4.78 is 29.4. The van der Waals surface area contributed by atoms with Crippen LogP contribution in [0.4, 0.5) is 0 Å². The van der Waals surface area contributed by atoms with Crippen molar-refractivity contribution in [1.82, 2.24) is 24.7 Å². The minimum Gasteiger partial charge on any atom is -0.336 e. The summed E-state index contributed by atoms with van der Waals surface area (Å²) in [7, 11) is -1.96. The molecule has 0 bridgehead atoms. The normalized spacial score (nSPS) is 15.2. The number of hydrogen-bond donors (Lipinski definition) is 2. The zero-order chi connectivity index (χ0) is 18.7. The Labute approximate surface area is 153 Å². The number of amides is 1. The summed E-state index contributed by atoms with van der Waals surface area (Å²) in [6, 6.07) is 7.99.